The SMILES string of the molecule is Cc1cc(S(=O)(=O)N2CCC(N)CC2)ccc1OC(C)C. The fraction of sp³-hybridized carbons (Fsp3) is 0.600. The Morgan fingerprint density at radius 2 is 1.90 bits per heavy atom. The molecule has 118 valence electrons. The number of sulfonamides is 1. The Kier molecular flexibility index (Phi) is 4.91. The Hall–Kier alpha value is -1.11. The molecule has 1 aromatic carbocycles. The molecule has 6 heteroatoms. The fourth-order valence-corrected chi connectivity index (χ4v) is 3.99. The van der Waals surface area contributed by atoms with Crippen molar-refractivity contribution in [2.24, 2.45) is 5.73 Å². The molecule has 2 N–H and O–H groups in total. The van der Waals surface area contributed by atoms with Crippen molar-refractivity contribution in [1.29, 1.82) is 0 Å². The van der Waals surface area contributed by atoms with Crippen LogP contribution in [0, 0.1) is 6.92 Å². The second-order valence-corrected chi connectivity index (χ2v) is 7.77. The molecule has 1 aliphatic heterocycles. The van der Waals surface area contributed by atoms with Crippen molar-refractivity contribution < 1.29 is 13.2 Å². The summed E-state index contributed by atoms with van der Waals surface area (Å²) in [5.74, 6) is 0.726. The molecule has 0 bridgehead atoms. The van der Waals surface area contributed by atoms with Crippen LogP contribution in [0.2, 0.25) is 0 Å². The zero-order chi connectivity index (χ0) is 15.6. The van der Waals surface area contributed by atoms with Crippen LogP contribution in [0.5, 0.6) is 5.75 Å². The molecule has 0 spiro atoms. The van der Waals surface area contributed by atoms with E-state index in [2.05, 4.69) is 0 Å². The van der Waals surface area contributed by atoms with Gasteiger partial charge in [0.1, 0.15) is 5.75 Å². The van der Waals surface area contributed by atoms with Crippen molar-refractivity contribution in [2.75, 3.05) is 13.1 Å². The Labute approximate surface area is 127 Å². The quantitative estimate of drug-likeness (QED) is 0.921. The highest BCUT2D eigenvalue weighted by Crippen LogP contribution is 2.26. The zero-order valence-corrected chi connectivity index (χ0v) is 13.7. The third-order valence-corrected chi connectivity index (χ3v) is 5.54. The predicted octanol–water partition coefficient (Wildman–Crippen LogP) is 1.89. The smallest absolute Gasteiger partial charge is 0.243 e. The summed E-state index contributed by atoms with van der Waals surface area (Å²) < 4.78 is 32.4. The maximum absolute atomic E-state index is 12.6. The molecule has 0 amide bonds. The summed E-state index contributed by atoms with van der Waals surface area (Å²) >= 11 is 0. The van der Waals surface area contributed by atoms with E-state index in [1.165, 1.54) is 4.31 Å². The van der Waals surface area contributed by atoms with Crippen molar-refractivity contribution in [3.63, 3.8) is 0 Å². The summed E-state index contributed by atoms with van der Waals surface area (Å²) in [5, 5.41) is 0. The van der Waals surface area contributed by atoms with Crippen LogP contribution >= 0.6 is 0 Å². The molecule has 5 nitrogen and oxygen atoms in total. The molecule has 0 saturated carbocycles. The van der Waals surface area contributed by atoms with Gasteiger partial charge < -0.3 is 10.5 Å². The summed E-state index contributed by atoms with van der Waals surface area (Å²) in [6, 6.07) is 5.15. The van der Waals surface area contributed by atoms with Crippen molar-refractivity contribution in [3.8, 4) is 5.75 Å². The van der Waals surface area contributed by atoms with Gasteiger partial charge in [0.05, 0.1) is 11.0 Å². The number of benzene rings is 1. The molecule has 1 heterocycles. The highest BCUT2D eigenvalue weighted by Gasteiger charge is 2.28. The maximum atomic E-state index is 12.6. The Bertz CT molecular complexity index is 591. The summed E-state index contributed by atoms with van der Waals surface area (Å²) in [7, 11) is -3.43. The van der Waals surface area contributed by atoms with Gasteiger partial charge >= 0.3 is 0 Å². The summed E-state index contributed by atoms with van der Waals surface area (Å²) in [4.78, 5) is 0.326. The van der Waals surface area contributed by atoms with Crippen molar-refractivity contribution in [2.45, 2.75) is 50.7 Å². The number of rotatable bonds is 4. The minimum Gasteiger partial charge on any atom is -0.491 e. The van der Waals surface area contributed by atoms with Crippen LogP contribution in [-0.4, -0.2) is 38.0 Å². The lowest BCUT2D eigenvalue weighted by Crippen LogP contribution is -2.42. The number of nitrogens with zero attached hydrogens (tertiary/aromatic N) is 1. The molecule has 1 fully saturated rings. The van der Waals surface area contributed by atoms with E-state index < -0.39 is 10.0 Å². The van der Waals surface area contributed by atoms with E-state index >= 15 is 0 Å². The molecule has 0 aliphatic carbocycles. The van der Waals surface area contributed by atoms with Gasteiger partial charge in [0.2, 0.25) is 10.0 Å². The first-order chi connectivity index (χ1) is 9.80. The second kappa shape index (κ2) is 6.34. The van der Waals surface area contributed by atoms with E-state index in [-0.39, 0.29) is 12.1 Å². The van der Waals surface area contributed by atoms with Crippen LogP contribution in [0.1, 0.15) is 32.3 Å². The van der Waals surface area contributed by atoms with Gasteiger partial charge in [-0.15, -0.1) is 0 Å². The van der Waals surface area contributed by atoms with Gasteiger partial charge in [-0.2, -0.15) is 4.31 Å². The average molecular weight is 312 g/mol. The maximum Gasteiger partial charge on any atom is 0.243 e. The molecule has 1 aliphatic rings. The van der Waals surface area contributed by atoms with Crippen LogP contribution in [0.25, 0.3) is 0 Å². The van der Waals surface area contributed by atoms with Gasteiger partial charge in [-0.3, -0.25) is 0 Å². The Balaban J connectivity index is 2.22. The highest BCUT2D eigenvalue weighted by molar-refractivity contribution is 7.89. The van der Waals surface area contributed by atoms with Gasteiger partial charge in [0, 0.05) is 19.1 Å². The Morgan fingerprint density at radius 3 is 2.43 bits per heavy atom. The molecular formula is C15H24N2O3S. The van der Waals surface area contributed by atoms with E-state index in [1.54, 1.807) is 18.2 Å². The van der Waals surface area contributed by atoms with E-state index in [4.69, 9.17) is 10.5 Å². The lowest BCUT2D eigenvalue weighted by molar-refractivity contribution is 0.240. The van der Waals surface area contributed by atoms with E-state index in [0.29, 0.717) is 30.8 Å². The van der Waals surface area contributed by atoms with Crippen molar-refractivity contribution >= 4 is 10.0 Å². The normalized spacial score (nSPS) is 18.1. The monoisotopic (exact) mass is 312 g/mol. The van der Waals surface area contributed by atoms with Crippen LogP contribution in [0.3, 0.4) is 0 Å². The van der Waals surface area contributed by atoms with E-state index in [9.17, 15) is 8.42 Å². The van der Waals surface area contributed by atoms with Gasteiger partial charge in [-0.25, -0.2) is 8.42 Å². The van der Waals surface area contributed by atoms with Gasteiger partial charge in [-0.05, 0) is 57.4 Å². The number of hydrogen-bond donors (Lipinski definition) is 1. The first-order valence-electron chi connectivity index (χ1n) is 7.33. The molecule has 0 unspecified atom stereocenters. The zero-order valence-electron chi connectivity index (χ0n) is 12.9. The van der Waals surface area contributed by atoms with Crippen LogP contribution in [0.4, 0.5) is 0 Å². The minimum atomic E-state index is -3.43. The average Bonchev–Trinajstić information content (AvgIpc) is 2.41. The molecule has 0 atom stereocenters. The number of ether oxygens (including phenoxy) is 1. The number of aryl methyl sites for hydroxylation is 1. The van der Waals surface area contributed by atoms with Gasteiger partial charge in [0.25, 0.3) is 0 Å². The first-order valence-corrected chi connectivity index (χ1v) is 8.77. The van der Waals surface area contributed by atoms with E-state index in [1.807, 2.05) is 20.8 Å². The number of hydrogen-bond acceptors (Lipinski definition) is 4. The van der Waals surface area contributed by atoms with Gasteiger partial charge in [0.15, 0.2) is 0 Å². The number of piperidine rings is 1. The fourth-order valence-electron chi connectivity index (χ4n) is 2.43. The van der Waals surface area contributed by atoms with E-state index in [0.717, 1.165) is 11.3 Å². The molecule has 0 aromatic heterocycles. The van der Waals surface area contributed by atoms with Gasteiger partial charge in [-0.1, -0.05) is 0 Å². The van der Waals surface area contributed by atoms with Crippen LogP contribution in [-0.2, 0) is 10.0 Å². The van der Waals surface area contributed by atoms with Crippen LogP contribution < -0.4 is 10.5 Å². The lowest BCUT2D eigenvalue weighted by Gasteiger charge is -2.29. The standard InChI is InChI=1S/C15H24N2O3S/c1-11(2)20-15-5-4-14(10-12(15)3)21(18,19)17-8-6-13(16)7-9-17/h4-5,10-11,13H,6-9,16H2,1-3H3. The topological polar surface area (TPSA) is 72.6 Å². The second-order valence-electron chi connectivity index (χ2n) is 5.84. The lowest BCUT2D eigenvalue weighted by atomic mass is 10.1. The molecule has 1 saturated heterocycles. The third kappa shape index (κ3) is 3.75. The highest BCUT2D eigenvalue weighted by atomic mass is 32.2. The molecule has 21 heavy (non-hydrogen) atoms. The molecule has 0 radical (unpaired) electrons. The summed E-state index contributed by atoms with van der Waals surface area (Å²) in [6.45, 7) is 6.74. The summed E-state index contributed by atoms with van der Waals surface area (Å²) in [5.41, 5.74) is 6.66. The molecule has 1 aromatic rings. The first kappa shape index (κ1) is 16.3. The largest absolute Gasteiger partial charge is 0.491 e. The Morgan fingerprint density at radius 1 is 1.29 bits per heavy atom. The predicted molar refractivity (Wildman–Crippen MR) is 82.9 cm³/mol. The number of nitrogens with two attached hydrogens (primary N) is 1. The van der Waals surface area contributed by atoms with Crippen LogP contribution in [0.15, 0.2) is 23.1 Å². The van der Waals surface area contributed by atoms with Crippen molar-refractivity contribution in [3.05, 3.63) is 23.8 Å². The third-order valence-electron chi connectivity index (χ3n) is 3.65. The molecular weight excluding hydrogens is 288 g/mol. The summed E-state index contributed by atoms with van der Waals surface area (Å²) in [6.07, 6.45) is 1.49. The molecule has 2 rings (SSSR count). The minimum absolute atomic E-state index is 0.0646. The van der Waals surface area contributed by atoms with Crippen molar-refractivity contribution in [1.82, 2.24) is 4.31 Å².